The smallest absolute Gasteiger partial charge is 0.395 e. The van der Waals surface area contributed by atoms with E-state index in [0.717, 1.165) is 31.1 Å². The Balaban J connectivity index is 0.999. The zero-order valence-corrected chi connectivity index (χ0v) is 25.0. The van der Waals surface area contributed by atoms with Gasteiger partial charge < -0.3 is 25.7 Å². The Morgan fingerprint density at radius 3 is 2.53 bits per heavy atom. The number of fused-ring (bicyclic) bond motifs is 1. The molecule has 3 fully saturated rings. The van der Waals surface area contributed by atoms with Crippen LogP contribution in [0.2, 0.25) is 0 Å². The van der Waals surface area contributed by atoms with E-state index < -0.39 is 26.7 Å². The van der Waals surface area contributed by atoms with Gasteiger partial charge >= 0.3 is 11.9 Å². The summed E-state index contributed by atoms with van der Waals surface area (Å²) in [6.45, 7) is 1.19. The molecule has 43 heavy (non-hydrogen) atoms. The van der Waals surface area contributed by atoms with E-state index in [2.05, 4.69) is 21.3 Å². The van der Waals surface area contributed by atoms with Crippen molar-refractivity contribution in [3.05, 3.63) is 52.3 Å². The van der Waals surface area contributed by atoms with Gasteiger partial charge in [-0.15, -0.1) is 0 Å². The third-order valence-corrected chi connectivity index (χ3v) is 11.4. The van der Waals surface area contributed by atoms with Crippen LogP contribution < -0.4 is 21.3 Å². The molecule has 4 heterocycles. The van der Waals surface area contributed by atoms with Crippen molar-refractivity contribution < 1.29 is 32.1 Å². The highest BCUT2D eigenvalue weighted by molar-refractivity contribution is 8.00. The number of carbonyl (C=O) groups excluding carboxylic acids is 3. The van der Waals surface area contributed by atoms with Crippen molar-refractivity contribution in [2.45, 2.75) is 60.8 Å². The first-order chi connectivity index (χ1) is 20.6. The number of sulfonamides is 1. The number of carbonyl (C=O) groups is 3. The van der Waals surface area contributed by atoms with Crippen molar-refractivity contribution in [2.24, 2.45) is 5.92 Å². The monoisotopic (exact) mass is 634 g/mol. The number of unbranched alkanes of at least 4 members (excludes halogenated alkanes) is 1. The molecule has 3 aliphatic heterocycles. The molecule has 0 aliphatic carbocycles. The van der Waals surface area contributed by atoms with Gasteiger partial charge in [0.15, 0.2) is 5.76 Å². The highest BCUT2D eigenvalue weighted by Crippen LogP contribution is 2.33. The average Bonchev–Trinajstić information content (AvgIpc) is 3.72. The lowest BCUT2D eigenvalue weighted by Crippen LogP contribution is -2.41. The van der Waals surface area contributed by atoms with Crippen LogP contribution in [0.5, 0.6) is 0 Å². The lowest BCUT2D eigenvalue weighted by atomic mass is 9.98. The SMILES string of the molecule is O=C(CCCC[C@@H]1SC[C@@H]2NC(=O)N[C@@H]21)NCC1CCN(S(=O)(=O)c2ccc(NC(=O)c3ccc([N+](=O)[O-])o3)cc2)CC1. The highest BCUT2D eigenvalue weighted by Gasteiger charge is 2.42. The molecule has 0 radical (unpaired) electrons. The number of furan rings is 1. The fraction of sp³-hybridized carbons (Fsp3) is 0.519. The molecule has 4 amide bonds. The molecule has 1 aromatic heterocycles. The fourth-order valence-electron chi connectivity index (χ4n) is 5.57. The molecule has 2 aromatic rings. The Bertz CT molecular complexity index is 1460. The molecular weight excluding hydrogens is 600 g/mol. The molecule has 232 valence electrons. The summed E-state index contributed by atoms with van der Waals surface area (Å²) in [4.78, 5) is 46.2. The van der Waals surface area contributed by atoms with E-state index in [1.807, 2.05) is 11.8 Å². The van der Waals surface area contributed by atoms with E-state index in [1.54, 1.807) is 0 Å². The summed E-state index contributed by atoms with van der Waals surface area (Å²) in [6.07, 6.45) is 4.37. The quantitative estimate of drug-likeness (QED) is 0.118. The van der Waals surface area contributed by atoms with Crippen LogP contribution in [0.4, 0.5) is 16.4 Å². The van der Waals surface area contributed by atoms with Gasteiger partial charge in [-0.25, -0.2) is 13.2 Å². The molecule has 3 aliphatic rings. The van der Waals surface area contributed by atoms with Gasteiger partial charge in [-0.3, -0.25) is 19.7 Å². The second kappa shape index (κ2) is 13.3. The van der Waals surface area contributed by atoms with Gasteiger partial charge in [0.2, 0.25) is 15.9 Å². The Kier molecular flexibility index (Phi) is 9.56. The van der Waals surface area contributed by atoms with Crippen LogP contribution in [0.3, 0.4) is 0 Å². The number of nitrogens with zero attached hydrogens (tertiary/aromatic N) is 2. The minimum Gasteiger partial charge on any atom is -0.395 e. The third-order valence-electron chi connectivity index (χ3n) is 7.99. The summed E-state index contributed by atoms with van der Waals surface area (Å²) in [5, 5.41) is 22.6. The van der Waals surface area contributed by atoms with E-state index in [-0.39, 0.29) is 40.6 Å². The van der Waals surface area contributed by atoms with E-state index in [9.17, 15) is 32.9 Å². The van der Waals surface area contributed by atoms with Crippen LogP contribution in [0.1, 0.15) is 49.1 Å². The Labute approximate surface area is 252 Å². The number of hydrogen-bond acceptors (Lipinski definition) is 9. The normalized spacial score (nSPS) is 22.4. The summed E-state index contributed by atoms with van der Waals surface area (Å²) in [5.41, 5.74) is 0.308. The van der Waals surface area contributed by atoms with Gasteiger partial charge in [0.25, 0.3) is 5.91 Å². The maximum absolute atomic E-state index is 13.2. The number of amides is 4. The van der Waals surface area contributed by atoms with Crippen LogP contribution in [-0.2, 0) is 14.8 Å². The highest BCUT2D eigenvalue weighted by atomic mass is 32.2. The predicted octanol–water partition coefficient (Wildman–Crippen LogP) is 2.68. The summed E-state index contributed by atoms with van der Waals surface area (Å²) in [5.74, 6) is -0.377. The van der Waals surface area contributed by atoms with Crippen molar-refractivity contribution in [1.82, 2.24) is 20.3 Å². The summed E-state index contributed by atoms with van der Waals surface area (Å²) in [6, 6.07) is 8.22. The largest absolute Gasteiger partial charge is 0.433 e. The standard InChI is InChI=1S/C27H34N6O8S2/c34-23(4-2-1-3-22-25-20(16-42-22)30-27(36)31-25)28-15-17-11-13-32(14-12-17)43(39,40)19-7-5-18(6-8-19)29-26(35)21-9-10-24(41-21)33(37)38/h5-10,17,20,22,25H,1-4,11-16H2,(H,28,34)(H,29,35)(H2,30,31,36)/t20-,22-,25-/m0/s1. The van der Waals surface area contributed by atoms with E-state index >= 15 is 0 Å². The van der Waals surface area contributed by atoms with Crippen LogP contribution in [0.25, 0.3) is 0 Å². The molecular formula is C27H34N6O8S2. The van der Waals surface area contributed by atoms with E-state index in [4.69, 9.17) is 4.42 Å². The average molecular weight is 635 g/mol. The minimum absolute atomic E-state index is 0.000268. The van der Waals surface area contributed by atoms with Crippen molar-refractivity contribution in [1.29, 1.82) is 0 Å². The zero-order valence-electron chi connectivity index (χ0n) is 23.3. The zero-order chi connectivity index (χ0) is 30.6. The topological polar surface area (TPSA) is 193 Å². The molecule has 0 spiro atoms. The molecule has 0 unspecified atom stereocenters. The second-order valence-corrected chi connectivity index (χ2v) is 14.1. The molecule has 4 N–H and O–H groups in total. The number of rotatable bonds is 12. The van der Waals surface area contributed by atoms with Gasteiger partial charge in [-0.1, -0.05) is 6.42 Å². The number of nitrogens with one attached hydrogen (secondary N) is 4. The Hall–Kier alpha value is -3.63. The maximum Gasteiger partial charge on any atom is 0.433 e. The van der Waals surface area contributed by atoms with Crippen LogP contribution >= 0.6 is 11.8 Å². The molecule has 3 atom stereocenters. The van der Waals surface area contributed by atoms with Crippen LogP contribution in [0.15, 0.2) is 45.7 Å². The molecule has 1 aromatic carbocycles. The number of urea groups is 1. The van der Waals surface area contributed by atoms with E-state index in [1.165, 1.54) is 34.6 Å². The number of thioether (sulfide) groups is 1. The lowest BCUT2D eigenvalue weighted by Gasteiger charge is -2.31. The second-order valence-electron chi connectivity index (χ2n) is 10.9. The summed E-state index contributed by atoms with van der Waals surface area (Å²) < 4.78 is 32.6. The van der Waals surface area contributed by atoms with Crippen molar-refractivity contribution in [2.75, 3.05) is 30.7 Å². The number of benzene rings is 1. The molecule has 14 nitrogen and oxygen atoms in total. The van der Waals surface area contributed by atoms with Gasteiger partial charge in [0.1, 0.15) is 4.92 Å². The first-order valence-electron chi connectivity index (χ1n) is 14.2. The molecule has 0 saturated carbocycles. The van der Waals surface area contributed by atoms with Gasteiger partial charge in [0.05, 0.1) is 23.0 Å². The molecule has 5 rings (SSSR count). The lowest BCUT2D eigenvalue weighted by molar-refractivity contribution is -0.402. The minimum atomic E-state index is -3.74. The van der Waals surface area contributed by atoms with Crippen molar-refractivity contribution in [3.8, 4) is 0 Å². The van der Waals surface area contributed by atoms with Crippen molar-refractivity contribution >= 4 is 51.2 Å². The van der Waals surface area contributed by atoms with Crippen LogP contribution in [-0.4, -0.2) is 78.2 Å². The number of nitro groups is 1. The van der Waals surface area contributed by atoms with Crippen LogP contribution in [0, 0.1) is 16.0 Å². The van der Waals surface area contributed by atoms with Gasteiger partial charge in [-0.2, -0.15) is 16.1 Å². The first kappa shape index (κ1) is 30.8. The number of anilines is 1. The molecule has 3 saturated heterocycles. The third kappa shape index (κ3) is 7.48. The number of piperidine rings is 1. The summed E-state index contributed by atoms with van der Waals surface area (Å²) in [7, 11) is -3.74. The maximum atomic E-state index is 13.2. The molecule has 16 heteroatoms. The number of hydrogen-bond donors (Lipinski definition) is 4. The summed E-state index contributed by atoms with van der Waals surface area (Å²) >= 11 is 1.87. The molecule has 0 bridgehead atoms. The first-order valence-corrected chi connectivity index (χ1v) is 16.7. The Morgan fingerprint density at radius 2 is 1.84 bits per heavy atom. The van der Waals surface area contributed by atoms with Crippen molar-refractivity contribution in [3.63, 3.8) is 0 Å². The van der Waals surface area contributed by atoms with E-state index in [0.29, 0.717) is 49.8 Å². The van der Waals surface area contributed by atoms with Gasteiger partial charge in [-0.05, 0) is 61.9 Å². The fourth-order valence-corrected chi connectivity index (χ4v) is 8.59. The Morgan fingerprint density at radius 1 is 1.09 bits per heavy atom. The predicted molar refractivity (Wildman–Crippen MR) is 158 cm³/mol. The van der Waals surface area contributed by atoms with Gasteiger partial charge in [0, 0.05) is 42.7 Å².